The smallest absolute Gasteiger partial charge is 0.167 e. The van der Waals surface area contributed by atoms with Crippen LogP contribution in [0.3, 0.4) is 0 Å². The number of hydrogen-bond acceptors (Lipinski definition) is 5. The molecule has 5 nitrogen and oxygen atoms in total. The van der Waals surface area contributed by atoms with E-state index in [2.05, 4.69) is 20.4 Å². The molecule has 6 heteroatoms. The molecule has 4 rings (SSSR count). The number of ketones is 1. The zero-order valence-corrected chi connectivity index (χ0v) is 17.7. The highest BCUT2D eigenvalue weighted by molar-refractivity contribution is 5.90. The van der Waals surface area contributed by atoms with Gasteiger partial charge in [0.1, 0.15) is 0 Å². The van der Waals surface area contributed by atoms with Crippen molar-refractivity contribution < 1.29 is 4.79 Å². The van der Waals surface area contributed by atoms with Gasteiger partial charge in [-0.3, -0.25) is 14.6 Å². The molecule has 4 aliphatic rings. The predicted octanol–water partition coefficient (Wildman–Crippen LogP) is 1.91. The van der Waals surface area contributed by atoms with Crippen LogP contribution in [0.15, 0.2) is 0 Å². The van der Waals surface area contributed by atoms with Crippen LogP contribution in [0, 0.1) is 11.8 Å². The third-order valence-corrected chi connectivity index (χ3v) is 7.37. The first-order valence-corrected chi connectivity index (χ1v) is 11.3. The molecular formula is C21H39ClN4O. The first-order valence-electron chi connectivity index (χ1n) is 11.3. The largest absolute Gasteiger partial charge is 0.314 e. The Morgan fingerprint density at radius 3 is 1.33 bits per heavy atom. The van der Waals surface area contributed by atoms with E-state index < -0.39 is 0 Å². The van der Waals surface area contributed by atoms with Crippen molar-refractivity contribution in [1.82, 2.24) is 20.4 Å². The van der Waals surface area contributed by atoms with Crippen molar-refractivity contribution in [2.45, 2.75) is 63.5 Å². The molecule has 0 radical (unpaired) electrons. The maximum Gasteiger partial charge on any atom is 0.167 e. The van der Waals surface area contributed by atoms with Crippen LogP contribution in [0.5, 0.6) is 0 Å². The molecule has 2 N–H and O–H groups in total. The minimum absolute atomic E-state index is 0. The standard InChI is InChI=1S/C21H38N4O.ClH/c26-21(19(17-5-1-2-6-17)24-13-9-22-10-14-24)20(18-7-3-4-8-18)25-15-11-23-12-16-25;/h17-20,22-23H,1-16H2;1H. The zero-order chi connectivity index (χ0) is 17.8. The lowest BCUT2D eigenvalue weighted by Crippen LogP contribution is -2.61. The van der Waals surface area contributed by atoms with Gasteiger partial charge in [0.25, 0.3) is 0 Å². The summed E-state index contributed by atoms with van der Waals surface area (Å²) in [5.41, 5.74) is 0. The van der Waals surface area contributed by atoms with Crippen molar-refractivity contribution in [3.8, 4) is 0 Å². The zero-order valence-electron chi connectivity index (χ0n) is 16.8. The quantitative estimate of drug-likeness (QED) is 0.715. The summed E-state index contributed by atoms with van der Waals surface area (Å²) >= 11 is 0. The summed E-state index contributed by atoms with van der Waals surface area (Å²) in [6, 6.07) is 0.361. The predicted molar refractivity (Wildman–Crippen MR) is 113 cm³/mol. The van der Waals surface area contributed by atoms with Gasteiger partial charge in [-0.2, -0.15) is 0 Å². The molecule has 156 valence electrons. The van der Waals surface area contributed by atoms with E-state index in [9.17, 15) is 4.79 Å². The van der Waals surface area contributed by atoms with Gasteiger partial charge in [-0.25, -0.2) is 0 Å². The van der Waals surface area contributed by atoms with Crippen molar-refractivity contribution in [2.75, 3.05) is 52.4 Å². The van der Waals surface area contributed by atoms with Crippen molar-refractivity contribution in [2.24, 2.45) is 11.8 Å². The second kappa shape index (κ2) is 10.5. The number of rotatable bonds is 6. The molecule has 0 amide bonds. The maximum absolute atomic E-state index is 14.1. The number of halogens is 1. The molecule has 0 aromatic carbocycles. The van der Waals surface area contributed by atoms with Crippen LogP contribution in [0.2, 0.25) is 0 Å². The van der Waals surface area contributed by atoms with Gasteiger partial charge in [0.05, 0.1) is 12.1 Å². The fourth-order valence-electron chi connectivity index (χ4n) is 6.06. The minimum atomic E-state index is 0. The molecule has 0 spiro atoms. The van der Waals surface area contributed by atoms with E-state index in [0.717, 1.165) is 52.4 Å². The molecule has 27 heavy (non-hydrogen) atoms. The average Bonchev–Trinajstić information content (AvgIpc) is 3.39. The Kier molecular flexibility index (Phi) is 8.40. The van der Waals surface area contributed by atoms with E-state index in [1.165, 1.54) is 51.4 Å². The van der Waals surface area contributed by atoms with Crippen molar-refractivity contribution in [3.63, 3.8) is 0 Å². The molecule has 0 aromatic rings. The monoisotopic (exact) mass is 398 g/mol. The lowest BCUT2D eigenvalue weighted by molar-refractivity contribution is -0.134. The van der Waals surface area contributed by atoms with Crippen LogP contribution < -0.4 is 10.6 Å². The van der Waals surface area contributed by atoms with Gasteiger partial charge in [-0.15, -0.1) is 12.4 Å². The van der Waals surface area contributed by atoms with Crippen LogP contribution in [0.1, 0.15) is 51.4 Å². The third kappa shape index (κ3) is 5.05. The average molecular weight is 399 g/mol. The Balaban J connectivity index is 0.00000210. The Hall–Kier alpha value is -0.200. The molecule has 4 fully saturated rings. The van der Waals surface area contributed by atoms with Crippen LogP contribution in [-0.2, 0) is 4.79 Å². The summed E-state index contributed by atoms with van der Waals surface area (Å²) in [5.74, 6) is 1.80. The number of carbonyl (C=O) groups excluding carboxylic acids is 1. The van der Waals surface area contributed by atoms with E-state index in [4.69, 9.17) is 0 Å². The number of Topliss-reactive ketones (excluding diaryl/α,β-unsaturated/α-hetero) is 1. The number of piperazine rings is 2. The molecule has 2 heterocycles. The number of hydrogen-bond donors (Lipinski definition) is 2. The molecule has 0 bridgehead atoms. The summed E-state index contributed by atoms with van der Waals surface area (Å²) in [6.45, 7) is 8.35. The van der Waals surface area contributed by atoms with Crippen LogP contribution >= 0.6 is 12.4 Å². The Bertz CT molecular complexity index is 413. The second-order valence-electron chi connectivity index (χ2n) is 8.95. The topological polar surface area (TPSA) is 47.6 Å². The molecule has 2 aliphatic carbocycles. The molecule has 2 unspecified atom stereocenters. The fourth-order valence-corrected chi connectivity index (χ4v) is 6.06. The van der Waals surface area contributed by atoms with Crippen LogP contribution in [0.25, 0.3) is 0 Å². The molecule has 2 saturated carbocycles. The van der Waals surface area contributed by atoms with E-state index in [0.29, 0.717) is 17.6 Å². The molecule has 2 atom stereocenters. The van der Waals surface area contributed by atoms with Gasteiger partial charge in [-0.1, -0.05) is 25.7 Å². The highest BCUT2D eigenvalue weighted by Gasteiger charge is 2.44. The van der Waals surface area contributed by atoms with Crippen molar-refractivity contribution in [1.29, 1.82) is 0 Å². The normalized spacial score (nSPS) is 28.7. The van der Waals surface area contributed by atoms with Gasteiger partial charge in [0.15, 0.2) is 5.78 Å². The van der Waals surface area contributed by atoms with Crippen molar-refractivity contribution >= 4 is 18.2 Å². The van der Waals surface area contributed by atoms with E-state index in [1.807, 2.05) is 0 Å². The minimum Gasteiger partial charge on any atom is -0.314 e. The summed E-state index contributed by atoms with van der Waals surface area (Å²) in [6.07, 6.45) is 10.3. The lowest BCUT2D eigenvalue weighted by atomic mass is 9.83. The summed E-state index contributed by atoms with van der Waals surface area (Å²) in [5, 5.41) is 6.95. The Morgan fingerprint density at radius 2 is 1.00 bits per heavy atom. The first-order chi connectivity index (χ1) is 12.8. The van der Waals surface area contributed by atoms with Gasteiger partial charge < -0.3 is 10.6 Å². The number of nitrogens with one attached hydrogen (secondary N) is 2. The molecule has 0 aromatic heterocycles. The first kappa shape index (κ1) is 21.5. The number of nitrogens with zero attached hydrogens (tertiary/aromatic N) is 2. The third-order valence-electron chi connectivity index (χ3n) is 7.37. The molecule has 2 saturated heterocycles. The summed E-state index contributed by atoms with van der Waals surface area (Å²) in [7, 11) is 0. The van der Waals surface area contributed by atoms with Crippen LogP contribution in [0.4, 0.5) is 0 Å². The van der Waals surface area contributed by atoms with Crippen molar-refractivity contribution in [3.05, 3.63) is 0 Å². The Labute approximate surface area is 171 Å². The highest BCUT2D eigenvalue weighted by Crippen LogP contribution is 2.36. The van der Waals surface area contributed by atoms with Gasteiger partial charge in [-0.05, 0) is 37.5 Å². The van der Waals surface area contributed by atoms with Gasteiger partial charge >= 0.3 is 0 Å². The van der Waals surface area contributed by atoms with Gasteiger partial charge in [0.2, 0.25) is 0 Å². The van der Waals surface area contributed by atoms with E-state index in [-0.39, 0.29) is 24.5 Å². The highest BCUT2D eigenvalue weighted by atomic mass is 35.5. The summed E-state index contributed by atoms with van der Waals surface area (Å²) < 4.78 is 0. The maximum atomic E-state index is 14.1. The molecular weight excluding hydrogens is 360 g/mol. The lowest BCUT2D eigenvalue weighted by Gasteiger charge is -2.43. The SMILES string of the molecule is Cl.O=C(C(C1CCCC1)N1CCNCC1)C(C1CCCC1)N1CCNCC1. The Morgan fingerprint density at radius 1 is 0.667 bits per heavy atom. The van der Waals surface area contributed by atoms with Crippen LogP contribution in [-0.4, -0.2) is 80.0 Å². The van der Waals surface area contributed by atoms with E-state index in [1.54, 1.807) is 0 Å². The van der Waals surface area contributed by atoms with Gasteiger partial charge in [0, 0.05) is 52.4 Å². The summed E-state index contributed by atoms with van der Waals surface area (Å²) in [4.78, 5) is 19.2. The fraction of sp³-hybridized carbons (Fsp3) is 0.952. The van der Waals surface area contributed by atoms with E-state index >= 15 is 0 Å². The second-order valence-corrected chi connectivity index (χ2v) is 8.95. The molecule has 2 aliphatic heterocycles. The number of carbonyl (C=O) groups is 1.